The summed E-state index contributed by atoms with van der Waals surface area (Å²) in [5.74, 6) is -0.189. The van der Waals surface area contributed by atoms with Gasteiger partial charge in [0.15, 0.2) is 0 Å². The molecule has 0 radical (unpaired) electrons. The maximum absolute atomic E-state index is 13.2. The molecule has 0 spiro atoms. The Hall–Kier alpha value is -1.10. The van der Waals surface area contributed by atoms with Crippen LogP contribution in [0.5, 0.6) is 0 Å². The number of hydrogen-bond donors (Lipinski definition) is 2. The van der Waals surface area contributed by atoms with E-state index in [0.29, 0.717) is 16.0 Å². The SMILES string of the molecule is CC(NC(=O)c1cc(N)c(F)cc1Br)C1CCCC1. The number of rotatable bonds is 3. The first-order valence-electron chi connectivity index (χ1n) is 6.54. The molecule has 0 saturated heterocycles. The summed E-state index contributed by atoms with van der Waals surface area (Å²) in [6.07, 6.45) is 4.79. The van der Waals surface area contributed by atoms with Crippen LogP contribution < -0.4 is 11.1 Å². The molecule has 104 valence electrons. The Morgan fingerprint density at radius 3 is 2.74 bits per heavy atom. The number of anilines is 1. The lowest BCUT2D eigenvalue weighted by atomic mass is 9.99. The third-order valence-corrected chi connectivity index (χ3v) is 4.45. The number of benzene rings is 1. The molecule has 1 aromatic carbocycles. The van der Waals surface area contributed by atoms with E-state index in [-0.39, 0.29) is 17.6 Å². The first-order valence-corrected chi connectivity index (χ1v) is 7.33. The van der Waals surface area contributed by atoms with Crippen molar-refractivity contribution in [2.75, 3.05) is 5.73 Å². The van der Waals surface area contributed by atoms with Crippen molar-refractivity contribution >= 4 is 27.5 Å². The Bertz CT molecular complexity index is 487. The van der Waals surface area contributed by atoms with E-state index in [1.54, 1.807) is 0 Å². The van der Waals surface area contributed by atoms with Crippen molar-refractivity contribution in [3.63, 3.8) is 0 Å². The van der Waals surface area contributed by atoms with E-state index in [0.717, 1.165) is 12.8 Å². The second kappa shape index (κ2) is 5.90. The Morgan fingerprint density at radius 1 is 1.47 bits per heavy atom. The van der Waals surface area contributed by atoms with Crippen LogP contribution in [-0.4, -0.2) is 11.9 Å². The fourth-order valence-corrected chi connectivity index (χ4v) is 3.10. The first-order chi connectivity index (χ1) is 8.99. The predicted molar refractivity (Wildman–Crippen MR) is 77.4 cm³/mol. The number of nitrogens with two attached hydrogens (primary N) is 1. The molecule has 3 N–H and O–H groups in total. The van der Waals surface area contributed by atoms with Gasteiger partial charge in [-0.25, -0.2) is 4.39 Å². The maximum atomic E-state index is 13.2. The normalized spacial score (nSPS) is 17.4. The molecule has 1 amide bonds. The molecule has 1 atom stereocenters. The molecule has 0 heterocycles. The molecule has 19 heavy (non-hydrogen) atoms. The van der Waals surface area contributed by atoms with E-state index in [9.17, 15) is 9.18 Å². The van der Waals surface area contributed by atoms with Crippen LogP contribution in [0.25, 0.3) is 0 Å². The lowest BCUT2D eigenvalue weighted by molar-refractivity contribution is 0.0926. The molecule has 2 rings (SSSR count). The lowest BCUT2D eigenvalue weighted by Gasteiger charge is -2.20. The summed E-state index contributed by atoms with van der Waals surface area (Å²) >= 11 is 3.20. The molecule has 1 unspecified atom stereocenters. The fourth-order valence-electron chi connectivity index (χ4n) is 2.60. The van der Waals surface area contributed by atoms with Crippen molar-refractivity contribution in [3.05, 3.63) is 28.0 Å². The van der Waals surface area contributed by atoms with Crippen LogP contribution in [0.4, 0.5) is 10.1 Å². The number of carbonyl (C=O) groups is 1. The number of hydrogen-bond acceptors (Lipinski definition) is 2. The molecular weight excluding hydrogens is 311 g/mol. The van der Waals surface area contributed by atoms with Gasteiger partial charge in [0.2, 0.25) is 0 Å². The Morgan fingerprint density at radius 2 is 2.11 bits per heavy atom. The molecule has 1 aliphatic carbocycles. The number of nitrogen functional groups attached to an aromatic ring is 1. The summed E-state index contributed by atoms with van der Waals surface area (Å²) in [4.78, 5) is 12.2. The van der Waals surface area contributed by atoms with Crippen molar-refractivity contribution in [2.45, 2.75) is 38.6 Å². The highest BCUT2D eigenvalue weighted by Gasteiger charge is 2.24. The summed E-state index contributed by atoms with van der Waals surface area (Å²) in [6.45, 7) is 2.02. The molecule has 1 aliphatic rings. The molecular formula is C14H18BrFN2O. The van der Waals surface area contributed by atoms with Gasteiger partial charge in [-0.3, -0.25) is 4.79 Å². The summed E-state index contributed by atoms with van der Waals surface area (Å²) in [7, 11) is 0. The molecule has 0 bridgehead atoms. The second-order valence-corrected chi connectivity index (χ2v) is 6.01. The fraction of sp³-hybridized carbons (Fsp3) is 0.500. The van der Waals surface area contributed by atoms with Crippen molar-refractivity contribution in [1.29, 1.82) is 0 Å². The average molecular weight is 329 g/mol. The van der Waals surface area contributed by atoms with Crippen LogP contribution >= 0.6 is 15.9 Å². The van der Waals surface area contributed by atoms with Crippen molar-refractivity contribution in [1.82, 2.24) is 5.32 Å². The van der Waals surface area contributed by atoms with Crippen LogP contribution in [0, 0.1) is 11.7 Å². The van der Waals surface area contributed by atoms with Gasteiger partial charge in [-0.05, 0) is 53.7 Å². The number of halogens is 2. The van der Waals surface area contributed by atoms with Crippen molar-refractivity contribution < 1.29 is 9.18 Å². The van der Waals surface area contributed by atoms with Crippen LogP contribution in [0.15, 0.2) is 16.6 Å². The van der Waals surface area contributed by atoms with Gasteiger partial charge in [0.1, 0.15) is 5.82 Å². The zero-order valence-corrected chi connectivity index (χ0v) is 12.5. The van der Waals surface area contributed by atoms with Crippen molar-refractivity contribution in [2.24, 2.45) is 5.92 Å². The van der Waals surface area contributed by atoms with Gasteiger partial charge >= 0.3 is 0 Å². The van der Waals surface area contributed by atoms with Gasteiger partial charge < -0.3 is 11.1 Å². The number of nitrogens with one attached hydrogen (secondary N) is 1. The minimum absolute atomic E-state index is 0.0122. The van der Waals surface area contributed by atoms with Gasteiger partial charge in [-0.2, -0.15) is 0 Å². The standard InChI is InChI=1S/C14H18BrFN2O/c1-8(9-4-2-3-5-9)18-14(19)10-6-13(17)12(16)7-11(10)15/h6-9H,2-5,17H2,1H3,(H,18,19). The van der Waals surface area contributed by atoms with Crippen LogP contribution in [0.2, 0.25) is 0 Å². The predicted octanol–water partition coefficient (Wildman–Crippen LogP) is 3.48. The monoisotopic (exact) mass is 328 g/mol. The van der Waals surface area contributed by atoms with Crippen LogP contribution in [0.1, 0.15) is 43.0 Å². The third kappa shape index (κ3) is 3.26. The van der Waals surface area contributed by atoms with E-state index in [4.69, 9.17) is 5.73 Å². The summed E-state index contributed by atoms with van der Waals surface area (Å²) in [5.41, 5.74) is 5.87. The third-order valence-electron chi connectivity index (χ3n) is 3.80. The van der Waals surface area contributed by atoms with E-state index in [1.807, 2.05) is 6.92 Å². The lowest BCUT2D eigenvalue weighted by Crippen LogP contribution is -2.37. The summed E-state index contributed by atoms with van der Waals surface area (Å²) in [6, 6.07) is 2.73. The molecule has 3 nitrogen and oxygen atoms in total. The largest absolute Gasteiger partial charge is 0.396 e. The highest BCUT2D eigenvalue weighted by molar-refractivity contribution is 9.10. The van der Waals surface area contributed by atoms with Gasteiger partial charge in [0.05, 0.1) is 11.3 Å². The molecule has 0 aliphatic heterocycles. The van der Waals surface area contributed by atoms with E-state index in [1.165, 1.54) is 25.0 Å². The zero-order valence-electron chi connectivity index (χ0n) is 10.9. The maximum Gasteiger partial charge on any atom is 0.252 e. The number of amides is 1. The summed E-state index contributed by atoms with van der Waals surface area (Å²) < 4.78 is 13.7. The van der Waals surface area contributed by atoms with Crippen molar-refractivity contribution in [3.8, 4) is 0 Å². The van der Waals surface area contributed by atoms with Crippen LogP contribution in [-0.2, 0) is 0 Å². The quantitative estimate of drug-likeness (QED) is 0.834. The van der Waals surface area contributed by atoms with Gasteiger partial charge in [-0.15, -0.1) is 0 Å². The Labute approximate surface area is 120 Å². The topological polar surface area (TPSA) is 55.1 Å². The first kappa shape index (κ1) is 14.3. The minimum Gasteiger partial charge on any atom is -0.396 e. The number of carbonyl (C=O) groups excluding carboxylic acids is 1. The zero-order chi connectivity index (χ0) is 14.0. The van der Waals surface area contributed by atoms with E-state index < -0.39 is 5.82 Å². The molecule has 5 heteroatoms. The van der Waals surface area contributed by atoms with Crippen LogP contribution in [0.3, 0.4) is 0 Å². The minimum atomic E-state index is -0.521. The van der Waals surface area contributed by atoms with E-state index in [2.05, 4.69) is 21.2 Å². The smallest absolute Gasteiger partial charge is 0.252 e. The average Bonchev–Trinajstić information content (AvgIpc) is 2.87. The molecule has 0 aromatic heterocycles. The highest BCUT2D eigenvalue weighted by atomic mass is 79.9. The van der Waals surface area contributed by atoms with Gasteiger partial charge in [0, 0.05) is 10.5 Å². The molecule has 1 fully saturated rings. The van der Waals surface area contributed by atoms with E-state index >= 15 is 0 Å². The van der Waals surface area contributed by atoms with Gasteiger partial charge in [-0.1, -0.05) is 12.8 Å². The second-order valence-electron chi connectivity index (χ2n) is 5.16. The van der Waals surface area contributed by atoms with Gasteiger partial charge in [0.25, 0.3) is 5.91 Å². The Kier molecular flexibility index (Phi) is 4.45. The molecule has 1 saturated carbocycles. The highest BCUT2D eigenvalue weighted by Crippen LogP contribution is 2.28. The Balaban J connectivity index is 2.09. The summed E-state index contributed by atoms with van der Waals surface area (Å²) in [5, 5.41) is 2.98. The molecule has 1 aromatic rings.